The van der Waals surface area contributed by atoms with Crippen LogP contribution in [0.2, 0.25) is 5.02 Å². The summed E-state index contributed by atoms with van der Waals surface area (Å²) in [6, 6.07) is 4.04. The number of carbonyl (C=O) groups excluding carboxylic acids is 1. The molecule has 0 aliphatic heterocycles. The Hall–Kier alpha value is -1.24. The second-order valence-corrected chi connectivity index (χ2v) is 7.25. The van der Waals surface area contributed by atoms with Crippen LogP contribution in [0.1, 0.15) is 37.6 Å². The van der Waals surface area contributed by atoms with Crippen LogP contribution < -0.4 is 5.32 Å². The molecule has 0 aromatic heterocycles. The predicted octanol–water partition coefficient (Wildman–Crippen LogP) is 3.45. The number of ether oxygens (including phenoxy) is 1. The lowest BCUT2D eigenvalue weighted by Gasteiger charge is -2.21. The normalized spacial score (nSPS) is 12.7. The van der Waals surface area contributed by atoms with Crippen LogP contribution in [-0.2, 0) is 9.53 Å². The van der Waals surface area contributed by atoms with Gasteiger partial charge in [0, 0.05) is 17.9 Å². The molecule has 0 heterocycles. The highest BCUT2D eigenvalue weighted by atomic mass is 35.5. The number of rotatable bonds is 7. The summed E-state index contributed by atoms with van der Waals surface area (Å²) < 4.78 is 5.51. The molecule has 7 heteroatoms. The minimum absolute atomic E-state index is 0.179. The molecule has 0 aliphatic carbocycles. The van der Waals surface area contributed by atoms with Gasteiger partial charge in [0.15, 0.2) is 0 Å². The minimum atomic E-state index is -1.10. The van der Waals surface area contributed by atoms with E-state index in [1.807, 2.05) is 27.0 Å². The van der Waals surface area contributed by atoms with E-state index in [1.165, 1.54) is 11.8 Å². The average Bonchev–Trinajstić information content (AvgIpc) is 2.45. The van der Waals surface area contributed by atoms with Gasteiger partial charge in [-0.15, -0.1) is 11.8 Å². The highest BCUT2D eigenvalue weighted by molar-refractivity contribution is 7.98. The van der Waals surface area contributed by atoms with E-state index in [2.05, 4.69) is 5.32 Å². The second kappa shape index (κ2) is 8.57. The Labute approximate surface area is 145 Å². The molecule has 2 N–H and O–H groups in total. The summed E-state index contributed by atoms with van der Waals surface area (Å²) >= 11 is 7.51. The molecule has 1 atom stereocenters. The van der Waals surface area contributed by atoms with E-state index in [0.717, 1.165) is 4.90 Å². The molecule has 1 rings (SSSR count). The van der Waals surface area contributed by atoms with Crippen molar-refractivity contribution in [2.45, 2.75) is 43.7 Å². The van der Waals surface area contributed by atoms with Crippen LogP contribution in [0.4, 0.5) is 0 Å². The molecule has 128 valence electrons. The van der Waals surface area contributed by atoms with E-state index in [9.17, 15) is 14.7 Å². The van der Waals surface area contributed by atoms with Crippen molar-refractivity contribution in [3.8, 4) is 0 Å². The molecule has 0 fully saturated rings. The van der Waals surface area contributed by atoms with Crippen LogP contribution >= 0.6 is 23.4 Å². The molecule has 1 aromatic carbocycles. The first-order chi connectivity index (χ1) is 10.6. The van der Waals surface area contributed by atoms with Crippen LogP contribution in [0.25, 0.3) is 0 Å². The van der Waals surface area contributed by atoms with Gasteiger partial charge in [0.05, 0.1) is 16.2 Å². The third kappa shape index (κ3) is 6.81. The van der Waals surface area contributed by atoms with E-state index in [1.54, 1.807) is 18.2 Å². The number of carboxylic acid groups (broad SMARTS) is 1. The topological polar surface area (TPSA) is 75.6 Å². The summed E-state index contributed by atoms with van der Waals surface area (Å²) in [6.07, 6.45) is 2.06. The van der Waals surface area contributed by atoms with Crippen LogP contribution in [0, 0.1) is 0 Å². The van der Waals surface area contributed by atoms with E-state index in [0.29, 0.717) is 0 Å². The van der Waals surface area contributed by atoms with Crippen molar-refractivity contribution in [1.29, 1.82) is 0 Å². The van der Waals surface area contributed by atoms with E-state index in [-0.39, 0.29) is 29.2 Å². The van der Waals surface area contributed by atoms with Crippen molar-refractivity contribution in [2.75, 3.05) is 12.9 Å². The van der Waals surface area contributed by atoms with Crippen molar-refractivity contribution in [2.24, 2.45) is 0 Å². The lowest BCUT2D eigenvalue weighted by molar-refractivity contribution is -0.140. The fourth-order valence-corrected chi connectivity index (χ4v) is 2.42. The molecule has 1 unspecified atom stereocenters. The minimum Gasteiger partial charge on any atom is -0.480 e. The second-order valence-electron chi connectivity index (χ2n) is 5.96. The van der Waals surface area contributed by atoms with E-state index >= 15 is 0 Å². The fraction of sp³-hybridized carbons (Fsp3) is 0.500. The zero-order valence-corrected chi connectivity index (χ0v) is 15.3. The highest BCUT2D eigenvalue weighted by Gasteiger charge is 2.23. The highest BCUT2D eigenvalue weighted by Crippen LogP contribution is 2.23. The van der Waals surface area contributed by atoms with Gasteiger partial charge in [-0.3, -0.25) is 4.79 Å². The van der Waals surface area contributed by atoms with Crippen LogP contribution in [-0.4, -0.2) is 41.5 Å². The number of nitrogens with one attached hydrogen (secondary N) is 1. The number of thioether (sulfide) groups is 1. The molecular formula is C16H22ClNO4S. The number of aliphatic carboxylic acids is 1. The van der Waals surface area contributed by atoms with Gasteiger partial charge < -0.3 is 15.2 Å². The Kier molecular flexibility index (Phi) is 7.38. The summed E-state index contributed by atoms with van der Waals surface area (Å²) in [7, 11) is 0. The van der Waals surface area contributed by atoms with Gasteiger partial charge in [0.2, 0.25) is 0 Å². The van der Waals surface area contributed by atoms with Gasteiger partial charge in [-0.05, 0) is 45.2 Å². The molecular weight excluding hydrogens is 338 g/mol. The van der Waals surface area contributed by atoms with Crippen LogP contribution in [0.15, 0.2) is 23.1 Å². The Morgan fingerprint density at radius 1 is 1.39 bits per heavy atom. The van der Waals surface area contributed by atoms with Crippen molar-refractivity contribution < 1.29 is 19.4 Å². The number of benzene rings is 1. The summed E-state index contributed by atoms with van der Waals surface area (Å²) in [5, 5.41) is 12.0. The molecule has 0 aliphatic rings. The smallest absolute Gasteiger partial charge is 0.326 e. The molecule has 0 saturated carbocycles. The molecule has 0 spiro atoms. The molecule has 23 heavy (non-hydrogen) atoms. The molecule has 0 saturated heterocycles. The van der Waals surface area contributed by atoms with Gasteiger partial charge in [0.1, 0.15) is 6.04 Å². The summed E-state index contributed by atoms with van der Waals surface area (Å²) in [6.45, 7) is 5.89. The van der Waals surface area contributed by atoms with Gasteiger partial charge in [-0.25, -0.2) is 4.79 Å². The number of amides is 1. The maximum absolute atomic E-state index is 12.3. The zero-order chi connectivity index (χ0) is 17.6. The molecule has 0 radical (unpaired) electrons. The quantitative estimate of drug-likeness (QED) is 0.729. The van der Waals surface area contributed by atoms with Crippen molar-refractivity contribution >= 4 is 35.2 Å². The number of hydrogen-bond donors (Lipinski definition) is 2. The number of halogens is 1. The standard InChI is InChI=1S/C16H22ClNO4S/c1-16(2,3)22-8-7-13(15(20)21)18-14(19)11-9-10(23-4)5-6-12(11)17/h5-6,9,13H,7-8H2,1-4H3,(H,18,19)(H,20,21). The van der Waals surface area contributed by atoms with Gasteiger partial charge in [-0.1, -0.05) is 11.6 Å². The van der Waals surface area contributed by atoms with Gasteiger partial charge in [-0.2, -0.15) is 0 Å². The summed E-state index contributed by atoms with van der Waals surface area (Å²) in [5.41, 5.74) is -0.0928. The molecule has 1 amide bonds. The number of hydrogen-bond acceptors (Lipinski definition) is 4. The maximum Gasteiger partial charge on any atom is 0.326 e. The molecule has 5 nitrogen and oxygen atoms in total. The first kappa shape index (κ1) is 19.8. The third-order valence-electron chi connectivity index (χ3n) is 2.96. The monoisotopic (exact) mass is 359 g/mol. The summed E-state index contributed by atoms with van der Waals surface area (Å²) in [4.78, 5) is 24.5. The first-order valence-corrected chi connectivity index (χ1v) is 8.75. The van der Waals surface area contributed by atoms with E-state index < -0.39 is 17.9 Å². The third-order valence-corrected chi connectivity index (χ3v) is 4.02. The predicted molar refractivity (Wildman–Crippen MR) is 92.4 cm³/mol. The lowest BCUT2D eigenvalue weighted by Crippen LogP contribution is -2.42. The largest absolute Gasteiger partial charge is 0.480 e. The number of carbonyl (C=O) groups is 2. The van der Waals surface area contributed by atoms with Crippen LogP contribution in [0.3, 0.4) is 0 Å². The SMILES string of the molecule is CSc1ccc(Cl)c(C(=O)NC(CCOC(C)(C)C)C(=O)O)c1. The fourth-order valence-electron chi connectivity index (χ4n) is 1.78. The summed E-state index contributed by atoms with van der Waals surface area (Å²) in [5.74, 6) is -1.61. The molecule has 0 bridgehead atoms. The Morgan fingerprint density at radius 2 is 2.04 bits per heavy atom. The average molecular weight is 360 g/mol. The lowest BCUT2D eigenvalue weighted by atomic mass is 10.1. The number of carboxylic acids is 1. The zero-order valence-electron chi connectivity index (χ0n) is 13.7. The van der Waals surface area contributed by atoms with Gasteiger partial charge >= 0.3 is 5.97 Å². The maximum atomic E-state index is 12.3. The Balaban J connectivity index is 2.76. The van der Waals surface area contributed by atoms with Gasteiger partial charge in [0.25, 0.3) is 5.91 Å². The first-order valence-electron chi connectivity index (χ1n) is 7.15. The van der Waals surface area contributed by atoms with Crippen molar-refractivity contribution in [1.82, 2.24) is 5.32 Å². The van der Waals surface area contributed by atoms with E-state index in [4.69, 9.17) is 16.3 Å². The van der Waals surface area contributed by atoms with Crippen molar-refractivity contribution in [3.05, 3.63) is 28.8 Å². The molecule has 1 aromatic rings. The Bertz CT molecular complexity index is 572. The van der Waals surface area contributed by atoms with Crippen molar-refractivity contribution in [3.63, 3.8) is 0 Å². The Morgan fingerprint density at radius 3 is 2.57 bits per heavy atom. The van der Waals surface area contributed by atoms with Crippen LogP contribution in [0.5, 0.6) is 0 Å².